The van der Waals surface area contributed by atoms with Gasteiger partial charge in [-0.05, 0) is 56.6 Å². The predicted octanol–water partition coefficient (Wildman–Crippen LogP) is 5.15. The number of benzene rings is 3. The topological polar surface area (TPSA) is 137 Å². The molecule has 0 saturated carbocycles. The van der Waals surface area contributed by atoms with Crippen LogP contribution in [0.2, 0.25) is 0 Å². The van der Waals surface area contributed by atoms with Crippen molar-refractivity contribution in [3.05, 3.63) is 83.9 Å². The molecule has 10 heteroatoms. The molecular weight excluding hydrogens is 582 g/mol. The molecule has 0 unspecified atom stereocenters. The molecule has 4 rings (SSSR count). The summed E-state index contributed by atoms with van der Waals surface area (Å²) in [7, 11) is 2.04. The van der Waals surface area contributed by atoms with Crippen LogP contribution in [0.1, 0.15) is 61.9 Å². The van der Waals surface area contributed by atoms with E-state index in [4.69, 9.17) is 10.5 Å². The first-order chi connectivity index (χ1) is 22.2. The Kier molecular flexibility index (Phi) is 12.6. The maximum atomic E-state index is 13.7. The van der Waals surface area contributed by atoms with Gasteiger partial charge in [0.25, 0.3) is 5.91 Å². The Labute approximate surface area is 271 Å². The number of likely N-dealkylation sites (N-methyl/N-ethyl adjacent to an activating group) is 1. The third-order valence-corrected chi connectivity index (χ3v) is 8.29. The van der Waals surface area contributed by atoms with Crippen molar-refractivity contribution in [1.29, 1.82) is 0 Å². The fourth-order valence-corrected chi connectivity index (χ4v) is 5.61. The summed E-state index contributed by atoms with van der Waals surface area (Å²) in [5.41, 5.74) is 8.99. The second-order valence-electron chi connectivity index (χ2n) is 12.2. The van der Waals surface area contributed by atoms with Gasteiger partial charge in [-0.1, -0.05) is 61.9 Å². The lowest BCUT2D eigenvalue weighted by molar-refractivity contribution is -0.116. The Hall–Kier alpha value is -4.41. The van der Waals surface area contributed by atoms with E-state index < -0.39 is 0 Å². The summed E-state index contributed by atoms with van der Waals surface area (Å²) in [6.45, 7) is 5.47. The number of unbranched alkanes of at least 4 members (excludes halogenated alkanes) is 2. The van der Waals surface area contributed by atoms with Gasteiger partial charge in [-0.15, -0.1) is 0 Å². The lowest BCUT2D eigenvalue weighted by Gasteiger charge is -2.38. The van der Waals surface area contributed by atoms with Crippen LogP contribution in [0, 0.1) is 5.92 Å². The third-order valence-electron chi connectivity index (χ3n) is 8.29. The zero-order valence-corrected chi connectivity index (χ0v) is 27.1. The number of nitrogens with zero attached hydrogens (tertiary/aromatic N) is 2. The van der Waals surface area contributed by atoms with E-state index in [1.807, 2.05) is 51.2 Å². The van der Waals surface area contributed by atoms with Gasteiger partial charge in [-0.25, -0.2) is 0 Å². The Morgan fingerprint density at radius 2 is 1.59 bits per heavy atom. The minimum atomic E-state index is -0.381. The van der Waals surface area contributed by atoms with Gasteiger partial charge in [0.05, 0.1) is 35.3 Å². The summed E-state index contributed by atoms with van der Waals surface area (Å²) in [5.74, 6) is -0.263. The minimum Gasteiger partial charge on any atom is -0.486 e. The van der Waals surface area contributed by atoms with Crippen molar-refractivity contribution in [2.45, 2.75) is 64.6 Å². The zero-order valence-electron chi connectivity index (χ0n) is 27.1. The lowest BCUT2D eigenvalue weighted by Crippen LogP contribution is -2.49. The Balaban J connectivity index is 1.41. The Bertz CT molecular complexity index is 1470. The molecule has 1 heterocycles. The van der Waals surface area contributed by atoms with E-state index >= 15 is 0 Å². The first kappa shape index (κ1) is 34.5. The van der Waals surface area contributed by atoms with Crippen LogP contribution in [-0.2, 0) is 16.1 Å². The van der Waals surface area contributed by atoms with Crippen LogP contribution >= 0.6 is 0 Å². The van der Waals surface area contributed by atoms with E-state index in [1.54, 1.807) is 35.2 Å². The van der Waals surface area contributed by atoms with Crippen LogP contribution in [0.3, 0.4) is 0 Å². The van der Waals surface area contributed by atoms with E-state index in [0.29, 0.717) is 67.1 Å². The number of anilines is 3. The van der Waals surface area contributed by atoms with Crippen molar-refractivity contribution in [2.75, 3.05) is 43.1 Å². The van der Waals surface area contributed by atoms with Crippen molar-refractivity contribution < 1.29 is 24.2 Å². The predicted molar refractivity (Wildman–Crippen MR) is 182 cm³/mol. The number of hydrogen-bond acceptors (Lipinski definition) is 7. The van der Waals surface area contributed by atoms with Gasteiger partial charge >= 0.3 is 0 Å². The van der Waals surface area contributed by atoms with Crippen molar-refractivity contribution >= 4 is 34.8 Å². The third kappa shape index (κ3) is 9.55. The summed E-state index contributed by atoms with van der Waals surface area (Å²) < 4.78 is 6.63. The highest BCUT2D eigenvalue weighted by Gasteiger charge is 2.34. The Morgan fingerprint density at radius 3 is 2.26 bits per heavy atom. The smallest absolute Gasteiger partial charge is 0.258 e. The first-order valence-corrected chi connectivity index (χ1v) is 16.0. The van der Waals surface area contributed by atoms with Crippen LogP contribution in [0.15, 0.2) is 72.8 Å². The van der Waals surface area contributed by atoms with Crippen LogP contribution in [0.25, 0.3) is 0 Å². The van der Waals surface area contributed by atoms with Gasteiger partial charge in [0, 0.05) is 38.4 Å². The minimum absolute atomic E-state index is 0.0522. The summed E-state index contributed by atoms with van der Waals surface area (Å²) in [5, 5.41) is 15.8. The van der Waals surface area contributed by atoms with Gasteiger partial charge < -0.3 is 31.1 Å². The van der Waals surface area contributed by atoms with Gasteiger partial charge in [-0.2, -0.15) is 0 Å². The molecular formula is C36H47N5O5. The molecule has 5 N–H and O–H groups in total. The zero-order chi connectivity index (χ0) is 33.1. The molecule has 3 atom stereocenters. The summed E-state index contributed by atoms with van der Waals surface area (Å²) >= 11 is 0. The first-order valence-electron chi connectivity index (χ1n) is 16.0. The van der Waals surface area contributed by atoms with E-state index in [9.17, 15) is 19.5 Å². The fourth-order valence-electron chi connectivity index (χ4n) is 5.61. The average Bonchev–Trinajstić information content (AvgIpc) is 3.04. The number of aliphatic hydroxyl groups excluding tert-OH is 1. The standard InChI is InChI=1S/C36H47N5O5/c1-25-21-41(26(2)24-42)36(45)28-15-12-18-31(35(28)46-32(25)23-40(3)22-27-13-6-4-7-14-27)39-34(44)20-9-5-8-19-33(43)38-30-17-11-10-16-29(30)37/h4,6-7,10-18,25-26,32,42H,5,8-9,19-24,37H2,1-3H3,(H,38,43)(H,39,44)/t25-,26+,32+/m1/s1. The number of ether oxygens (including phenoxy) is 1. The second kappa shape index (κ2) is 16.8. The molecule has 0 fully saturated rings. The number of hydrogen-bond donors (Lipinski definition) is 4. The summed E-state index contributed by atoms with van der Waals surface area (Å²) in [4.78, 5) is 43.0. The number of carbonyl (C=O) groups excluding carboxylic acids is 3. The fraction of sp³-hybridized carbons (Fsp3) is 0.417. The number of para-hydroxylation sites is 3. The average molecular weight is 630 g/mol. The molecule has 0 saturated heterocycles. The quantitative estimate of drug-likeness (QED) is 0.143. The summed E-state index contributed by atoms with van der Waals surface area (Å²) in [6, 6.07) is 22.1. The largest absolute Gasteiger partial charge is 0.486 e. The molecule has 0 aromatic heterocycles. The monoisotopic (exact) mass is 629 g/mol. The van der Waals surface area contributed by atoms with Crippen LogP contribution in [-0.4, -0.2) is 71.5 Å². The number of nitrogen functional groups attached to an aromatic ring is 1. The molecule has 1 aliphatic rings. The number of aliphatic hydroxyl groups is 1. The number of nitrogens with one attached hydrogen (secondary N) is 2. The van der Waals surface area contributed by atoms with E-state index in [-0.39, 0.29) is 48.8 Å². The van der Waals surface area contributed by atoms with E-state index in [2.05, 4.69) is 27.7 Å². The van der Waals surface area contributed by atoms with Crippen LogP contribution in [0.5, 0.6) is 5.75 Å². The molecule has 246 valence electrons. The SMILES string of the molecule is C[C@@H]1CN([C@@H](C)CO)C(=O)c2cccc(NC(=O)CCCCCC(=O)Nc3ccccc3N)c2O[C@H]1CN(C)Cc1ccccc1. The van der Waals surface area contributed by atoms with Crippen molar-refractivity contribution in [2.24, 2.45) is 5.92 Å². The molecule has 3 aromatic rings. The molecule has 10 nitrogen and oxygen atoms in total. The van der Waals surface area contributed by atoms with Crippen molar-refractivity contribution in [3.8, 4) is 5.75 Å². The normalized spacial score (nSPS) is 17.0. The molecule has 3 aromatic carbocycles. The molecule has 1 aliphatic heterocycles. The second-order valence-corrected chi connectivity index (χ2v) is 12.2. The van der Waals surface area contributed by atoms with Crippen molar-refractivity contribution in [1.82, 2.24) is 9.80 Å². The molecule has 46 heavy (non-hydrogen) atoms. The highest BCUT2D eigenvalue weighted by Crippen LogP contribution is 2.35. The number of fused-ring (bicyclic) bond motifs is 1. The van der Waals surface area contributed by atoms with E-state index in [0.717, 1.165) is 6.54 Å². The highest BCUT2D eigenvalue weighted by atomic mass is 16.5. The maximum Gasteiger partial charge on any atom is 0.258 e. The van der Waals surface area contributed by atoms with E-state index in [1.165, 1.54) is 5.56 Å². The molecule has 0 aliphatic carbocycles. The van der Waals surface area contributed by atoms with Gasteiger partial charge in [0.1, 0.15) is 6.10 Å². The van der Waals surface area contributed by atoms with Gasteiger partial charge in [-0.3, -0.25) is 19.3 Å². The molecule has 0 radical (unpaired) electrons. The molecule has 0 bridgehead atoms. The number of amides is 3. The number of nitrogens with two attached hydrogens (primary N) is 1. The Morgan fingerprint density at radius 1 is 0.957 bits per heavy atom. The lowest BCUT2D eigenvalue weighted by atomic mass is 9.98. The van der Waals surface area contributed by atoms with Gasteiger partial charge in [0.2, 0.25) is 11.8 Å². The van der Waals surface area contributed by atoms with Crippen LogP contribution < -0.4 is 21.1 Å². The van der Waals surface area contributed by atoms with Crippen LogP contribution in [0.4, 0.5) is 17.1 Å². The van der Waals surface area contributed by atoms with Gasteiger partial charge in [0.15, 0.2) is 5.75 Å². The molecule has 0 spiro atoms. The maximum absolute atomic E-state index is 13.7. The van der Waals surface area contributed by atoms with Crippen molar-refractivity contribution in [3.63, 3.8) is 0 Å². The summed E-state index contributed by atoms with van der Waals surface area (Å²) in [6.07, 6.45) is 2.25. The molecule has 3 amide bonds. The highest BCUT2D eigenvalue weighted by molar-refractivity contribution is 6.01. The number of rotatable bonds is 14. The number of carbonyl (C=O) groups is 3.